The van der Waals surface area contributed by atoms with Gasteiger partial charge >= 0.3 is 0 Å². The fourth-order valence-corrected chi connectivity index (χ4v) is 2.50. The van der Waals surface area contributed by atoms with Gasteiger partial charge in [0.25, 0.3) is 11.5 Å². The second kappa shape index (κ2) is 9.17. The van der Waals surface area contributed by atoms with Crippen LogP contribution in [0.25, 0.3) is 11.4 Å². The maximum absolute atomic E-state index is 11.9. The molecule has 0 spiro atoms. The molecule has 3 aromatic rings. The predicted octanol–water partition coefficient (Wildman–Crippen LogP) is 2.90. The fraction of sp³-hybridized carbons (Fsp3) is 0.286. The molecule has 3 rings (SSSR count). The Labute approximate surface area is 173 Å². The number of H-pyrrole nitrogens is 1. The minimum absolute atomic E-state index is 0.00740. The lowest BCUT2D eigenvalue weighted by molar-refractivity contribution is 0.0821. The van der Waals surface area contributed by atoms with Gasteiger partial charge in [-0.1, -0.05) is 6.92 Å². The molecule has 0 fully saturated rings. The van der Waals surface area contributed by atoms with Crippen molar-refractivity contribution in [1.82, 2.24) is 24.8 Å². The van der Waals surface area contributed by atoms with E-state index in [1.807, 2.05) is 13.8 Å². The summed E-state index contributed by atoms with van der Waals surface area (Å²) in [6.45, 7) is 3.98. The molecule has 2 heterocycles. The number of nitrogens with one attached hydrogen (secondary N) is 1. The molecule has 9 nitrogen and oxygen atoms in total. The number of hydrogen-bond acceptors (Lipinski definition) is 7. The van der Waals surface area contributed by atoms with E-state index in [1.54, 1.807) is 32.3 Å². The molecule has 9 heteroatoms. The summed E-state index contributed by atoms with van der Waals surface area (Å²) in [5.41, 5.74) is 0.576. The van der Waals surface area contributed by atoms with E-state index in [0.717, 1.165) is 6.42 Å². The highest BCUT2D eigenvalue weighted by Gasteiger charge is 2.13. The Bertz CT molecular complexity index is 1080. The molecule has 0 aliphatic heterocycles. The minimum Gasteiger partial charge on any atom is -0.491 e. The number of hydrogen-bond donors (Lipinski definition) is 1. The average molecular weight is 409 g/mol. The zero-order valence-electron chi connectivity index (χ0n) is 17.2. The van der Waals surface area contributed by atoms with Crippen molar-refractivity contribution in [3.05, 3.63) is 58.9 Å². The molecule has 0 saturated carbocycles. The second-order valence-corrected chi connectivity index (χ2v) is 6.85. The van der Waals surface area contributed by atoms with Crippen LogP contribution in [0.1, 0.15) is 30.8 Å². The highest BCUT2D eigenvalue weighted by molar-refractivity contribution is 5.91. The van der Waals surface area contributed by atoms with Crippen molar-refractivity contribution in [3.63, 3.8) is 0 Å². The fourth-order valence-electron chi connectivity index (χ4n) is 2.50. The van der Waals surface area contributed by atoms with E-state index in [0.29, 0.717) is 22.9 Å². The van der Waals surface area contributed by atoms with Crippen LogP contribution >= 0.6 is 0 Å². The van der Waals surface area contributed by atoms with Crippen LogP contribution in [-0.2, 0) is 0 Å². The van der Waals surface area contributed by atoms with E-state index >= 15 is 0 Å². The normalized spacial score (nSPS) is 11.6. The average Bonchev–Trinajstić information content (AvgIpc) is 2.73. The number of aromatic amines is 1. The van der Waals surface area contributed by atoms with Crippen molar-refractivity contribution < 1.29 is 14.3 Å². The van der Waals surface area contributed by atoms with Gasteiger partial charge < -0.3 is 19.4 Å². The van der Waals surface area contributed by atoms with Crippen molar-refractivity contribution in [1.29, 1.82) is 0 Å². The van der Waals surface area contributed by atoms with Crippen LogP contribution in [0, 0.1) is 0 Å². The standard InChI is InChI=1S/C21H23N5O4/c1-5-13(2)29-15-8-14(20-22-7-6-18(27)25-20)9-16(10-15)30-19-12-23-17(11-24-19)21(28)26(3)4/h6-13H,5H2,1-4H3,(H,22,25,27)/t13-/m1/s1. The first-order valence-corrected chi connectivity index (χ1v) is 9.44. The first kappa shape index (κ1) is 21.0. The third-order valence-electron chi connectivity index (χ3n) is 4.21. The second-order valence-electron chi connectivity index (χ2n) is 6.85. The van der Waals surface area contributed by atoms with E-state index in [1.165, 1.54) is 29.6 Å². The molecule has 0 aliphatic rings. The zero-order valence-corrected chi connectivity index (χ0v) is 17.2. The zero-order chi connectivity index (χ0) is 21.7. The van der Waals surface area contributed by atoms with Gasteiger partial charge in [-0.3, -0.25) is 9.59 Å². The number of ether oxygens (including phenoxy) is 2. The first-order chi connectivity index (χ1) is 14.4. The largest absolute Gasteiger partial charge is 0.491 e. The molecule has 0 unspecified atom stereocenters. The summed E-state index contributed by atoms with van der Waals surface area (Å²) in [5.74, 6) is 1.35. The van der Waals surface area contributed by atoms with Gasteiger partial charge in [0.1, 0.15) is 23.0 Å². The first-order valence-electron chi connectivity index (χ1n) is 9.44. The van der Waals surface area contributed by atoms with Crippen molar-refractivity contribution in [2.24, 2.45) is 0 Å². The highest BCUT2D eigenvalue weighted by atomic mass is 16.5. The smallest absolute Gasteiger partial charge is 0.273 e. The number of amides is 1. The molecule has 156 valence electrons. The van der Waals surface area contributed by atoms with Gasteiger partial charge in [-0.15, -0.1) is 0 Å². The summed E-state index contributed by atoms with van der Waals surface area (Å²) in [6.07, 6.45) is 4.98. The van der Waals surface area contributed by atoms with Crippen LogP contribution < -0.4 is 15.0 Å². The summed E-state index contributed by atoms with van der Waals surface area (Å²) in [5, 5.41) is 0. The van der Waals surface area contributed by atoms with Crippen LogP contribution in [0.15, 0.2) is 47.7 Å². The Balaban J connectivity index is 1.93. The molecular formula is C21H23N5O4. The SMILES string of the molecule is CC[C@@H](C)Oc1cc(Oc2cnc(C(=O)N(C)C)cn2)cc(-c2nccc(=O)[nH]2)c1. The van der Waals surface area contributed by atoms with Gasteiger partial charge in [-0.25, -0.2) is 15.0 Å². The molecule has 2 aromatic heterocycles. The van der Waals surface area contributed by atoms with Crippen LogP contribution in [0.5, 0.6) is 17.4 Å². The van der Waals surface area contributed by atoms with E-state index in [9.17, 15) is 9.59 Å². The van der Waals surface area contributed by atoms with Gasteiger partial charge in [-0.2, -0.15) is 0 Å². The Morgan fingerprint density at radius 3 is 2.53 bits per heavy atom. The van der Waals surface area contributed by atoms with E-state index in [-0.39, 0.29) is 29.1 Å². The van der Waals surface area contributed by atoms with Crippen molar-refractivity contribution >= 4 is 5.91 Å². The topological polar surface area (TPSA) is 110 Å². The summed E-state index contributed by atoms with van der Waals surface area (Å²) >= 11 is 0. The molecule has 1 atom stereocenters. The third kappa shape index (κ3) is 5.19. The Morgan fingerprint density at radius 1 is 1.13 bits per heavy atom. The summed E-state index contributed by atoms with van der Waals surface area (Å²) in [7, 11) is 3.28. The molecule has 1 aromatic carbocycles. The summed E-state index contributed by atoms with van der Waals surface area (Å²) in [6, 6.07) is 6.55. The molecular weight excluding hydrogens is 386 g/mol. The van der Waals surface area contributed by atoms with E-state index in [4.69, 9.17) is 9.47 Å². The van der Waals surface area contributed by atoms with Gasteiger partial charge in [-0.05, 0) is 25.5 Å². The lowest BCUT2D eigenvalue weighted by Crippen LogP contribution is -2.22. The van der Waals surface area contributed by atoms with E-state index in [2.05, 4.69) is 19.9 Å². The number of carbonyl (C=O) groups excluding carboxylic acids is 1. The maximum Gasteiger partial charge on any atom is 0.273 e. The van der Waals surface area contributed by atoms with Crippen molar-refractivity contribution in [2.45, 2.75) is 26.4 Å². The van der Waals surface area contributed by atoms with Crippen LogP contribution in [0.4, 0.5) is 0 Å². The van der Waals surface area contributed by atoms with Gasteiger partial charge in [0.15, 0.2) is 0 Å². The van der Waals surface area contributed by atoms with Crippen LogP contribution in [0.2, 0.25) is 0 Å². The minimum atomic E-state index is -0.261. The number of nitrogens with zero attached hydrogens (tertiary/aromatic N) is 4. The molecule has 30 heavy (non-hydrogen) atoms. The predicted molar refractivity (Wildman–Crippen MR) is 111 cm³/mol. The van der Waals surface area contributed by atoms with Gasteiger partial charge in [0.2, 0.25) is 5.88 Å². The van der Waals surface area contributed by atoms with Gasteiger partial charge in [0, 0.05) is 38.0 Å². The van der Waals surface area contributed by atoms with Crippen molar-refractivity contribution in [3.8, 4) is 28.8 Å². The Hall–Kier alpha value is -3.75. The molecule has 1 N–H and O–H groups in total. The molecule has 0 saturated heterocycles. The summed E-state index contributed by atoms with van der Waals surface area (Å²) < 4.78 is 11.7. The third-order valence-corrected chi connectivity index (χ3v) is 4.21. The summed E-state index contributed by atoms with van der Waals surface area (Å²) in [4.78, 5) is 40.2. The Kier molecular flexibility index (Phi) is 6.41. The van der Waals surface area contributed by atoms with Crippen LogP contribution in [0.3, 0.4) is 0 Å². The highest BCUT2D eigenvalue weighted by Crippen LogP contribution is 2.31. The Morgan fingerprint density at radius 2 is 1.90 bits per heavy atom. The molecule has 0 radical (unpaired) electrons. The number of rotatable bonds is 7. The number of carbonyl (C=O) groups is 1. The van der Waals surface area contributed by atoms with E-state index < -0.39 is 0 Å². The monoisotopic (exact) mass is 409 g/mol. The molecule has 0 bridgehead atoms. The maximum atomic E-state index is 11.9. The van der Waals surface area contributed by atoms with Crippen molar-refractivity contribution in [2.75, 3.05) is 14.1 Å². The quantitative estimate of drug-likeness (QED) is 0.639. The van der Waals surface area contributed by atoms with Crippen LogP contribution in [-0.4, -0.2) is 50.9 Å². The lowest BCUT2D eigenvalue weighted by atomic mass is 10.2. The molecule has 1 amide bonds. The number of benzene rings is 1. The van der Waals surface area contributed by atoms with Gasteiger partial charge in [0.05, 0.1) is 18.5 Å². The lowest BCUT2D eigenvalue weighted by Gasteiger charge is -2.15. The number of aromatic nitrogens is 4. The molecule has 0 aliphatic carbocycles.